The second kappa shape index (κ2) is 12.4. The Balaban J connectivity index is 1.60. The molecule has 1 aromatic heterocycles. The van der Waals surface area contributed by atoms with E-state index in [1.807, 2.05) is 53.4 Å². The summed E-state index contributed by atoms with van der Waals surface area (Å²) in [5, 5.41) is 10.4. The molecule has 42 heavy (non-hydrogen) atoms. The number of halogens is 2. The van der Waals surface area contributed by atoms with Gasteiger partial charge in [-0.1, -0.05) is 43.6 Å². The van der Waals surface area contributed by atoms with Crippen LogP contribution in [0.5, 0.6) is 5.75 Å². The minimum atomic E-state index is -1.38. The Hall–Kier alpha value is -4.08. The van der Waals surface area contributed by atoms with Crippen molar-refractivity contribution >= 4 is 39.8 Å². The maximum atomic E-state index is 15.9. The molecule has 0 bridgehead atoms. The van der Waals surface area contributed by atoms with Gasteiger partial charge in [0.25, 0.3) is 0 Å². The number of carbonyl (C=O) groups is 1. The highest BCUT2D eigenvalue weighted by molar-refractivity contribution is 6.30. The molecule has 1 N–H and O–H groups in total. The Labute approximate surface area is 249 Å². The monoisotopic (exact) mass is 592 g/mol. The number of nitrogens with zero attached hydrogens (tertiary/aromatic N) is 4. The van der Waals surface area contributed by atoms with Gasteiger partial charge in [-0.25, -0.2) is 9.18 Å². The molecule has 5 rings (SSSR count). The van der Waals surface area contributed by atoms with E-state index in [1.54, 1.807) is 4.57 Å². The lowest BCUT2D eigenvalue weighted by atomic mass is 10.1. The number of carboxylic acid groups (broad SMARTS) is 1. The van der Waals surface area contributed by atoms with Gasteiger partial charge in [-0.3, -0.25) is 9.69 Å². The molecule has 0 amide bonds. The lowest BCUT2D eigenvalue weighted by Gasteiger charge is -2.38. The van der Waals surface area contributed by atoms with E-state index < -0.39 is 22.8 Å². The Kier molecular flexibility index (Phi) is 8.70. The largest absolute Gasteiger partial charge is 0.492 e. The Bertz CT molecular complexity index is 1660. The van der Waals surface area contributed by atoms with E-state index in [1.165, 1.54) is 13.3 Å². The molecule has 0 unspecified atom stereocenters. The number of aromatic carboxylic acids is 1. The zero-order valence-corrected chi connectivity index (χ0v) is 24.7. The minimum absolute atomic E-state index is 0.0576. The lowest BCUT2D eigenvalue weighted by molar-refractivity contribution is 0.0695. The summed E-state index contributed by atoms with van der Waals surface area (Å²) in [4.78, 5) is 31.7. The van der Waals surface area contributed by atoms with E-state index in [0.717, 1.165) is 37.0 Å². The SMILES string of the molecule is CCN(CC)Cc1ccc(-n2cc(C(=O)O)c(=O)c3cc(F)c(N4CCN(c5cccc(Cl)c5)CC4)c(OC)c32)cc1. The van der Waals surface area contributed by atoms with E-state index in [0.29, 0.717) is 42.4 Å². The maximum absolute atomic E-state index is 15.9. The molecule has 8 nitrogen and oxygen atoms in total. The van der Waals surface area contributed by atoms with E-state index in [-0.39, 0.29) is 16.8 Å². The van der Waals surface area contributed by atoms with Crippen LogP contribution in [0.4, 0.5) is 15.8 Å². The van der Waals surface area contributed by atoms with Crippen LogP contribution in [0.25, 0.3) is 16.6 Å². The summed E-state index contributed by atoms with van der Waals surface area (Å²) in [7, 11) is 1.44. The third kappa shape index (κ3) is 5.67. The number of rotatable bonds is 9. The molecule has 1 aliphatic rings. The minimum Gasteiger partial charge on any atom is -0.492 e. The first-order valence-corrected chi connectivity index (χ1v) is 14.4. The first-order valence-electron chi connectivity index (χ1n) is 14.0. The standard InChI is InChI=1S/C32H34ClFN4O4/c1-4-35(5-2)19-21-9-11-23(12-10-21)38-20-26(32(40)41)30(39)25-18-27(34)29(31(42-3)28(25)38)37-15-13-36(14-16-37)24-8-6-7-22(33)17-24/h6-12,17-18,20H,4-5,13-16,19H2,1-3H3,(H,40,41). The van der Waals surface area contributed by atoms with Gasteiger partial charge >= 0.3 is 5.97 Å². The van der Waals surface area contributed by atoms with Gasteiger partial charge in [0.05, 0.1) is 12.5 Å². The van der Waals surface area contributed by atoms with Crippen LogP contribution in [0.3, 0.4) is 0 Å². The molecule has 0 atom stereocenters. The van der Waals surface area contributed by atoms with Crippen LogP contribution in [0.15, 0.2) is 65.6 Å². The van der Waals surface area contributed by atoms with Crippen molar-refractivity contribution in [1.29, 1.82) is 0 Å². The van der Waals surface area contributed by atoms with Crippen LogP contribution in [-0.4, -0.2) is 66.9 Å². The molecule has 3 aromatic carbocycles. The molecule has 0 radical (unpaired) electrons. The number of piperazine rings is 1. The van der Waals surface area contributed by atoms with Crippen LogP contribution >= 0.6 is 11.6 Å². The third-order valence-electron chi connectivity index (χ3n) is 7.89. The smallest absolute Gasteiger partial charge is 0.341 e. The van der Waals surface area contributed by atoms with E-state index in [9.17, 15) is 14.7 Å². The summed E-state index contributed by atoms with van der Waals surface area (Å²) in [5.41, 5.74) is 2.07. The lowest BCUT2D eigenvalue weighted by Crippen LogP contribution is -2.47. The van der Waals surface area contributed by atoms with Crippen molar-refractivity contribution in [3.63, 3.8) is 0 Å². The molecule has 0 aliphatic carbocycles. The number of hydrogen-bond acceptors (Lipinski definition) is 6. The van der Waals surface area contributed by atoms with Crippen LogP contribution in [0.1, 0.15) is 29.8 Å². The van der Waals surface area contributed by atoms with Crippen molar-refractivity contribution in [2.75, 3.05) is 56.2 Å². The first kappa shape index (κ1) is 29.4. The molecule has 0 spiro atoms. The van der Waals surface area contributed by atoms with Crippen molar-refractivity contribution in [1.82, 2.24) is 9.47 Å². The summed E-state index contributed by atoms with van der Waals surface area (Å²) in [6.45, 7) is 9.09. The van der Waals surface area contributed by atoms with Gasteiger partial charge in [0.15, 0.2) is 11.6 Å². The number of benzene rings is 3. The maximum Gasteiger partial charge on any atom is 0.341 e. The molecule has 1 saturated heterocycles. The fourth-order valence-electron chi connectivity index (χ4n) is 5.59. The average molecular weight is 593 g/mol. The summed E-state index contributed by atoms with van der Waals surface area (Å²) in [5.74, 6) is -1.84. The molecule has 4 aromatic rings. The second-order valence-electron chi connectivity index (χ2n) is 10.3. The van der Waals surface area contributed by atoms with Crippen molar-refractivity contribution in [3.8, 4) is 11.4 Å². The number of hydrogen-bond donors (Lipinski definition) is 1. The van der Waals surface area contributed by atoms with Gasteiger partial charge in [0.2, 0.25) is 5.43 Å². The molecule has 220 valence electrons. The van der Waals surface area contributed by atoms with Crippen molar-refractivity contribution in [2.24, 2.45) is 0 Å². The zero-order chi connectivity index (χ0) is 30.0. The highest BCUT2D eigenvalue weighted by Gasteiger charge is 2.28. The second-order valence-corrected chi connectivity index (χ2v) is 10.7. The summed E-state index contributed by atoms with van der Waals surface area (Å²) in [6.07, 6.45) is 1.30. The molecule has 2 heterocycles. The van der Waals surface area contributed by atoms with Crippen LogP contribution < -0.4 is 20.0 Å². The molecule has 0 saturated carbocycles. The quantitative estimate of drug-likeness (QED) is 0.269. The molecular weight excluding hydrogens is 559 g/mol. The normalized spacial score (nSPS) is 13.7. The molecule has 10 heteroatoms. The predicted molar refractivity (Wildman–Crippen MR) is 166 cm³/mol. The number of carboxylic acids is 1. The van der Waals surface area contributed by atoms with Crippen molar-refractivity contribution < 1.29 is 19.0 Å². The zero-order valence-electron chi connectivity index (χ0n) is 23.9. The first-order chi connectivity index (χ1) is 20.2. The Morgan fingerprint density at radius 3 is 2.26 bits per heavy atom. The molecule has 1 aliphatic heterocycles. The summed E-state index contributed by atoms with van der Waals surface area (Å²) < 4.78 is 23.3. The topological polar surface area (TPSA) is 78.2 Å². The highest BCUT2D eigenvalue weighted by Crippen LogP contribution is 2.40. The van der Waals surface area contributed by atoms with Gasteiger partial charge in [-0.2, -0.15) is 0 Å². The summed E-state index contributed by atoms with van der Waals surface area (Å²) >= 11 is 6.19. The van der Waals surface area contributed by atoms with Crippen LogP contribution in [0, 0.1) is 5.82 Å². The highest BCUT2D eigenvalue weighted by atomic mass is 35.5. The number of anilines is 2. The third-order valence-corrected chi connectivity index (χ3v) is 8.12. The van der Waals surface area contributed by atoms with E-state index in [2.05, 4.69) is 23.6 Å². The fourth-order valence-corrected chi connectivity index (χ4v) is 5.77. The van der Waals surface area contributed by atoms with Crippen LogP contribution in [0.2, 0.25) is 5.02 Å². The van der Waals surface area contributed by atoms with Crippen molar-refractivity contribution in [2.45, 2.75) is 20.4 Å². The number of aromatic nitrogens is 1. The van der Waals surface area contributed by atoms with Gasteiger partial charge in [0.1, 0.15) is 16.8 Å². The predicted octanol–water partition coefficient (Wildman–Crippen LogP) is 5.66. The Morgan fingerprint density at radius 2 is 1.67 bits per heavy atom. The van der Waals surface area contributed by atoms with Crippen molar-refractivity contribution in [3.05, 3.63) is 93.0 Å². The number of fused-ring (bicyclic) bond motifs is 1. The number of pyridine rings is 1. The summed E-state index contributed by atoms with van der Waals surface area (Å²) in [6, 6.07) is 16.5. The van der Waals surface area contributed by atoms with E-state index in [4.69, 9.17) is 16.3 Å². The van der Waals surface area contributed by atoms with Gasteiger partial charge < -0.3 is 24.2 Å². The van der Waals surface area contributed by atoms with E-state index >= 15 is 4.39 Å². The van der Waals surface area contributed by atoms with Crippen LogP contribution in [-0.2, 0) is 6.54 Å². The van der Waals surface area contributed by atoms with Gasteiger partial charge in [-0.15, -0.1) is 0 Å². The fraction of sp³-hybridized carbons (Fsp3) is 0.312. The Morgan fingerprint density at radius 1 is 1.00 bits per heavy atom. The van der Waals surface area contributed by atoms with Gasteiger partial charge in [-0.05, 0) is 55.1 Å². The molecular formula is C32H34ClFN4O4. The van der Waals surface area contributed by atoms with Gasteiger partial charge in [0, 0.05) is 55.3 Å². The number of ether oxygens (including phenoxy) is 1. The molecule has 1 fully saturated rings. The number of methoxy groups -OCH3 is 1. The average Bonchev–Trinajstić information content (AvgIpc) is 3.00.